The van der Waals surface area contributed by atoms with Crippen LogP contribution in [0.4, 0.5) is 0 Å². The van der Waals surface area contributed by atoms with Gasteiger partial charge in [-0.25, -0.2) is 0 Å². The third kappa shape index (κ3) is 4.28. The molecule has 0 radical (unpaired) electrons. The first-order valence-corrected chi connectivity index (χ1v) is 10.9. The van der Waals surface area contributed by atoms with E-state index >= 15 is 0 Å². The third-order valence-corrected chi connectivity index (χ3v) is 6.07. The molecule has 2 heterocycles. The van der Waals surface area contributed by atoms with Gasteiger partial charge in [-0.3, -0.25) is 9.59 Å². The molecule has 4 rings (SSSR count). The average molecular weight is 436 g/mol. The standard InChI is InChI=1S/C25H29N3O4/c1-16-6-8-19-17(15-27-21(19)13-16)10-11-26-24(29)22-5-4-12-28(22)25(30)20-9-7-18(31-2)14-23(20)32-3/h6-9,13-15,22,27H,4-5,10-12H2,1-3H3,(H,26,29). The molecule has 1 atom stereocenters. The topological polar surface area (TPSA) is 83.7 Å². The van der Waals surface area contributed by atoms with E-state index in [0.29, 0.717) is 36.6 Å². The number of benzene rings is 2. The summed E-state index contributed by atoms with van der Waals surface area (Å²) in [5.41, 5.74) is 3.91. The zero-order valence-corrected chi connectivity index (χ0v) is 18.7. The summed E-state index contributed by atoms with van der Waals surface area (Å²) >= 11 is 0. The number of H-pyrrole nitrogens is 1. The van der Waals surface area contributed by atoms with E-state index in [1.54, 1.807) is 30.2 Å². The highest BCUT2D eigenvalue weighted by molar-refractivity contribution is 6.00. The summed E-state index contributed by atoms with van der Waals surface area (Å²) in [5, 5.41) is 4.20. The zero-order valence-electron chi connectivity index (χ0n) is 18.7. The fourth-order valence-electron chi connectivity index (χ4n) is 4.36. The van der Waals surface area contributed by atoms with Crippen molar-refractivity contribution in [3.8, 4) is 11.5 Å². The van der Waals surface area contributed by atoms with E-state index in [0.717, 1.165) is 18.4 Å². The lowest BCUT2D eigenvalue weighted by atomic mass is 10.1. The minimum atomic E-state index is -0.472. The molecule has 1 fully saturated rings. The number of aromatic nitrogens is 1. The number of hydrogen-bond acceptors (Lipinski definition) is 4. The van der Waals surface area contributed by atoms with Crippen LogP contribution < -0.4 is 14.8 Å². The zero-order chi connectivity index (χ0) is 22.7. The van der Waals surface area contributed by atoms with E-state index in [2.05, 4.69) is 35.4 Å². The Labute approximate surface area is 187 Å². The van der Waals surface area contributed by atoms with Crippen LogP contribution in [-0.2, 0) is 11.2 Å². The van der Waals surface area contributed by atoms with Crippen molar-refractivity contribution in [2.75, 3.05) is 27.3 Å². The molecule has 2 aromatic carbocycles. The number of ether oxygens (including phenoxy) is 2. The number of fused-ring (bicyclic) bond motifs is 1. The second-order valence-corrected chi connectivity index (χ2v) is 8.13. The maximum Gasteiger partial charge on any atom is 0.258 e. The van der Waals surface area contributed by atoms with Crippen molar-refractivity contribution in [1.82, 2.24) is 15.2 Å². The summed E-state index contributed by atoms with van der Waals surface area (Å²) in [7, 11) is 3.08. The van der Waals surface area contributed by atoms with Crippen molar-refractivity contribution < 1.29 is 19.1 Å². The van der Waals surface area contributed by atoms with Gasteiger partial charge in [0.25, 0.3) is 5.91 Å². The molecule has 1 aliphatic heterocycles. The van der Waals surface area contributed by atoms with Crippen molar-refractivity contribution in [1.29, 1.82) is 0 Å². The van der Waals surface area contributed by atoms with E-state index in [1.165, 1.54) is 23.6 Å². The molecule has 0 saturated carbocycles. The van der Waals surface area contributed by atoms with E-state index < -0.39 is 6.04 Å². The Bertz CT molecular complexity index is 1140. The molecular weight excluding hydrogens is 406 g/mol. The fraction of sp³-hybridized carbons (Fsp3) is 0.360. The van der Waals surface area contributed by atoms with Crippen LogP contribution in [-0.4, -0.2) is 55.0 Å². The van der Waals surface area contributed by atoms with Gasteiger partial charge in [-0.2, -0.15) is 0 Å². The van der Waals surface area contributed by atoms with Crippen molar-refractivity contribution >= 4 is 22.7 Å². The minimum absolute atomic E-state index is 0.112. The highest BCUT2D eigenvalue weighted by Crippen LogP contribution is 2.28. The summed E-state index contributed by atoms with van der Waals surface area (Å²) < 4.78 is 10.6. The maximum absolute atomic E-state index is 13.2. The van der Waals surface area contributed by atoms with Crippen LogP contribution in [0.3, 0.4) is 0 Å². The van der Waals surface area contributed by atoms with Crippen LogP contribution in [0, 0.1) is 6.92 Å². The van der Waals surface area contributed by atoms with Crippen molar-refractivity contribution in [3.63, 3.8) is 0 Å². The summed E-state index contributed by atoms with van der Waals surface area (Å²) in [6.07, 6.45) is 4.17. The van der Waals surface area contributed by atoms with E-state index in [4.69, 9.17) is 9.47 Å². The van der Waals surface area contributed by atoms with Gasteiger partial charge in [0.1, 0.15) is 17.5 Å². The Hall–Kier alpha value is -3.48. The maximum atomic E-state index is 13.2. The third-order valence-electron chi connectivity index (χ3n) is 6.07. The van der Waals surface area contributed by atoms with E-state index in [9.17, 15) is 9.59 Å². The predicted molar refractivity (Wildman–Crippen MR) is 123 cm³/mol. The molecule has 168 valence electrons. The van der Waals surface area contributed by atoms with Crippen LogP contribution in [0.15, 0.2) is 42.6 Å². The lowest BCUT2D eigenvalue weighted by molar-refractivity contribution is -0.124. The number of rotatable bonds is 7. The van der Waals surface area contributed by atoms with Crippen LogP contribution in [0.5, 0.6) is 11.5 Å². The first-order chi connectivity index (χ1) is 15.5. The van der Waals surface area contributed by atoms with Crippen LogP contribution in [0.2, 0.25) is 0 Å². The molecule has 2 N–H and O–H groups in total. The molecule has 0 spiro atoms. The summed E-state index contributed by atoms with van der Waals surface area (Å²) in [6, 6.07) is 10.9. The molecule has 7 heteroatoms. The van der Waals surface area contributed by atoms with Gasteiger partial charge in [-0.1, -0.05) is 12.1 Å². The van der Waals surface area contributed by atoms with Crippen molar-refractivity contribution in [3.05, 3.63) is 59.3 Å². The Morgan fingerprint density at radius 3 is 2.78 bits per heavy atom. The molecule has 7 nitrogen and oxygen atoms in total. The van der Waals surface area contributed by atoms with Crippen molar-refractivity contribution in [2.45, 2.75) is 32.2 Å². The largest absolute Gasteiger partial charge is 0.497 e. The van der Waals surface area contributed by atoms with Crippen LogP contribution in [0.25, 0.3) is 10.9 Å². The van der Waals surface area contributed by atoms with Gasteiger partial charge in [0.15, 0.2) is 0 Å². The monoisotopic (exact) mass is 435 g/mol. The number of carbonyl (C=O) groups excluding carboxylic acids is 2. The molecule has 1 aliphatic rings. The van der Waals surface area contributed by atoms with Crippen molar-refractivity contribution in [2.24, 2.45) is 0 Å². The highest BCUT2D eigenvalue weighted by atomic mass is 16.5. The van der Waals surface area contributed by atoms with Gasteiger partial charge in [-0.05, 0) is 55.5 Å². The number of hydrogen-bond donors (Lipinski definition) is 2. The molecule has 0 bridgehead atoms. The van der Waals surface area contributed by atoms with Crippen LogP contribution in [0.1, 0.15) is 34.3 Å². The first kappa shape index (κ1) is 21.7. The second kappa shape index (κ2) is 9.34. The van der Waals surface area contributed by atoms with Gasteiger partial charge in [0, 0.05) is 36.3 Å². The fourth-order valence-corrected chi connectivity index (χ4v) is 4.36. The molecular formula is C25H29N3O4. The Kier molecular flexibility index (Phi) is 6.35. The number of nitrogens with one attached hydrogen (secondary N) is 2. The number of nitrogens with zero attached hydrogens (tertiary/aromatic N) is 1. The minimum Gasteiger partial charge on any atom is -0.497 e. The molecule has 2 amide bonds. The van der Waals surface area contributed by atoms with Crippen LogP contribution >= 0.6 is 0 Å². The molecule has 32 heavy (non-hydrogen) atoms. The molecule has 3 aromatic rings. The number of aryl methyl sites for hydroxylation is 1. The highest BCUT2D eigenvalue weighted by Gasteiger charge is 2.35. The smallest absolute Gasteiger partial charge is 0.258 e. The van der Waals surface area contributed by atoms with Gasteiger partial charge in [0.2, 0.25) is 5.91 Å². The average Bonchev–Trinajstić information content (AvgIpc) is 3.45. The quantitative estimate of drug-likeness (QED) is 0.595. The number of aromatic amines is 1. The number of carbonyl (C=O) groups is 2. The predicted octanol–water partition coefficient (Wildman–Crippen LogP) is 3.46. The summed E-state index contributed by atoms with van der Waals surface area (Å²) in [5.74, 6) is 0.740. The molecule has 1 saturated heterocycles. The van der Waals surface area contributed by atoms with E-state index in [-0.39, 0.29) is 11.8 Å². The Balaban J connectivity index is 1.40. The summed E-state index contributed by atoms with van der Waals surface area (Å²) in [4.78, 5) is 31.1. The Morgan fingerprint density at radius 2 is 2.00 bits per heavy atom. The lowest BCUT2D eigenvalue weighted by Gasteiger charge is -2.25. The van der Waals surface area contributed by atoms with Gasteiger partial charge in [-0.15, -0.1) is 0 Å². The van der Waals surface area contributed by atoms with Gasteiger partial charge >= 0.3 is 0 Å². The van der Waals surface area contributed by atoms with Gasteiger partial charge < -0.3 is 24.7 Å². The first-order valence-electron chi connectivity index (χ1n) is 10.9. The summed E-state index contributed by atoms with van der Waals surface area (Å²) in [6.45, 7) is 3.13. The molecule has 1 aromatic heterocycles. The molecule has 1 unspecified atom stereocenters. The Morgan fingerprint density at radius 1 is 1.16 bits per heavy atom. The van der Waals surface area contributed by atoms with E-state index in [1.807, 2.05) is 6.20 Å². The number of likely N-dealkylation sites (tertiary alicyclic amines) is 1. The normalized spacial score (nSPS) is 15.7. The number of methoxy groups -OCH3 is 2. The lowest BCUT2D eigenvalue weighted by Crippen LogP contribution is -2.46. The number of amides is 2. The van der Waals surface area contributed by atoms with Gasteiger partial charge in [0.05, 0.1) is 19.8 Å². The SMILES string of the molecule is COc1ccc(C(=O)N2CCCC2C(=O)NCCc2c[nH]c3cc(C)ccc23)c(OC)c1. The second-order valence-electron chi connectivity index (χ2n) is 8.13. The molecule has 0 aliphatic carbocycles.